The molecule has 0 saturated carbocycles. The van der Waals surface area contributed by atoms with Crippen molar-refractivity contribution in [2.24, 2.45) is 12.5 Å². The number of carbonyl (C=O) groups excluding carboxylic acids is 1. The van der Waals surface area contributed by atoms with Gasteiger partial charge in [-0.1, -0.05) is 20.8 Å². The van der Waals surface area contributed by atoms with Crippen LogP contribution in [0.1, 0.15) is 55.6 Å². The fraction of sp³-hybridized carbons (Fsp3) is 0.478. The zero-order valence-electron chi connectivity index (χ0n) is 19.2. The van der Waals surface area contributed by atoms with Gasteiger partial charge in [-0.15, -0.1) is 0 Å². The minimum absolute atomic E-state index is 0.189. The molecule has 1 fully saturated rings. The number of aliphatic hydroxyl groups excluding tert-OH is 1. The molecule has 10 heteroatoms. The SMILES string of the molecule is Cn1cc(F)cc([C@H]2CCCN2c2ccn3ncc(C(=O)N[C@H](CO)C(C)(C)C)c3n2)c1=O. The van der Waals surface area contributed by atoms with Gasteiger partial charge in [0, 0.05) is 31.5 Å². The molecule has 0 radical (unpaired) electrons. The highest BCUT2D eigenvalue weighted by Gasteiger charge is 2.31. The number of aromatic nitrogens is 4. The summed E-state index contributed by atoms with van der Waals surface area (Å²) in [5, 5.41) is 16.8. The summed E-state index contributed by atoms with van der Waals surface area (Å²) in [5.74, 6) is -0.254. The lowest BCUT2D eigenvalue weighted by Gasteiger charge is -2.29. The summed E-state index contributed by atoms with van der Waals surface area (Å²) >= 11 is 0. The van der Waals surface area contributed by atoms with E-state index in [1.54, 1.807) is 12.3 Å². The number of anilines is 1. The third-order valence-corrected chi connectivity index (χ3v) is 6.22. The second kappa shape index (κ2) is 8.58. The van der Waals surface area contributed by atoms with Crippen molar-refractivity contribution >= 4 is 17.4 Å². The van der Waals surface area contributed by atoms with Gasteiger partial charge in [0.25, 0.3) is 11.5 Å². The Bertz CT molecular complexity index is 1250. The number of rotatable bonds is 5. The van der Waals surface area contributed by atoms with Crippen LogP contribution < -0.4 is 15.8 Å². The van der Waals surface area contributed by atoms with E-state index in [1.165, 1.54) is 34.6 Å². The average molecular weight is 457 g/mol. The van der Waals surface area contributed by atoms with E-state index in [4.69, 9.17) is 0 Å². The molecular weight excluding hydrogens is 427 g/mol. The van der Waals surface area contributed by atoms with Crippen LogP contribution in [0.2, 0.25) is 0 Å². The maximum atomic E-state index is 14.0. The van der Waals surface area contributed by atoms with Gasteiger partial charge in [-0.05, 0) is 30.4 Å². The maximum absolute atomic E-state index is 14.0. The van der Waals surface area contributed by atoms with E-state index < -0.39 is 11.9 Å². The third-order valence-electron chi connectivity index (χ3n) is 6.22. The van der Waals surface area contributed by atoms with Crippen molar-refractivity contribution in [3.8, 4) is 0 Å². The maximum Gasteiger partial charge on any atom is 0.257 e. The molecule has 33 heavy (non-hydrogen) atoms. The number of amides is 1. The van der Waals surface area contributed by atoms with Crippen LogP contribution >= 0.6 is 0 Å². The van der Waals surface area contributed by atoms with Gasteiger partial charge in [0.05, 0.1) is 24.9 Å². The van der Waals surface area contributed by atoms with Crippen LogP contribution in [-0.2, 0) is 7.05 Å². The van der Waals surface area contributed by atoms with E-state index >= 15 is 0 Å². The summed E-state index contributed by atoms with van der Waals surface area (Å²) in [7, 11) is 1.53. The summed E-state index contributed by atoms with van der Waals surface area (Å²) in [5.41, 5.74) is 0.479. The Balaban J connectivity index is 1.69. The molecule has 3 aromatic heterocycles. The Morgan fingerprint density at radius 2 is 2.15 bits per heavy atom. The molecule has 176 valence electrons. The van der Waals surface area contributed by atoms with Gasteiger partial charge < -0.3 is 19.9 Å². The van der Waals surface area contributed by atoms with Crippen LogP contribution in [0.4, 0.5) is 10.2 Å². The first-order chi connectivity index (χ1) is 15.6. The number of carbonyl (C=O) groups is 1. The molecule has 2 atom stereocenters. The van der Waals surface area contributed by atoms with Crippen LogP contribution in [0.25, 0.3) is 5.65 Å². The molecule has 4 heterocycles. The third kappa shape index (κ3) is 4.35. The highest BCUT2D eigenvalue weighted by Crippen LogP contribution is 2.34. The Labute approximate surface area is 190 Å². The molecule has 1 aliphatic heterocycles. The van der Waals surface area contributed by atoms with Crippen molar-refractivity contribution in [3.63, 3.8) is 0 Å². The first-order valence-corrected chi connectivity index (χ1v) is 11.0. The van der Waals surface area contributed by atoms with Crippen molar-refractivity contribution in [3.05, 3.63) is 58.0 Å². The molecule has 0 aromatic carbocycles. The summed E-state index contributed by atoms with van der Waals surface area (Å²) in [6.07, 6.45) is 5.85. The van der Waals surface area contributed by atoms with E-state index in [-0.39, 0.29) is 35.1 Å². The van der Waals surface area contributed by atoms with Crippen LogP contribution in [-0.4, -0.2) is 49.4 Å². The highest BCUT2D eigenvalue weighted by molar-refractivity contribution is 6.00. The van der Waals surface area contributed by atoms with E-state index in [2.05, 4.69) is 15.4 Å². The van der Waals surface area contributed by atoms with Crippen LogP contribution in [0.5, 0.6) is 0 Å². The number of hydrogen-bond donors (Lipinski definition) is 2. The molecule has 1 saturated heterocycles. The number of aliphatic hydroxyl groups is 1. The number of nitrogens with one attached hydrogen (secondary N) is 1. The normalized spacial score (nSPS) is 17.5. The molecule has 1 amide bonds. The molecule has 0 bridgehead atoms. The molecule has 4 rings (SSSR count). The first kappa shape index (κ1) is 22.9. The standard InChI is InChI=1S/C23H29FN6O3/c1-23(2,3)18(13-31)26-21(32)16-11-25-30-9-7-19(27-20(16)30)29-8-5-6-17(29)15-10-14(24)12-28(4)22(15)33/h7,9-12,17-18,31H,5-6,8,13H2,1-4H3,(H,26,32)/t17-,18-/m1/s1. The van der Waals surface area contributed by atoms with Gasteiger partial charge in [0.2, 0.25) is 0 Å². The zero-order valence-corrected chi connectivity index (χ0v) is 19.2. The van der Waals surface area contributed by atoms with E-state index in [0.717, 1.165) is 6.42 Å². The second-order valence-electron chi connectivity index (χ2n) is 9.57. The van der Waals surface area contributed by atoms with Gasteiger partial charge in [-0.25, -0.2) is 13.9 Å². The Kier molecular flexibility index (Phi) is 5.96. The fourth-order valence-electron chi connectivity index (χ4n) is 4.25. The number of nitrogens with zero attached hydrogens (tertiary/aromatic N) is 5. The Morgan fingerprint density at radius 3 is 2.85 bits per heavy atom. The topological polar surface area (TPSA) is 105 Å². The fourth-order valence-corrected chi connectivity index (χ4v) is 4.25. The van der Waals surface area contributed by atoms with Crippen molar-refractivity contribution in [1.82, 2.24) is 24.5 Å². The molecule has 3 aromatic rings. The monoisotopic (exact) mass is 456 g/mol. The minimum Gasteiger partial charge on any atom is -0.394 e. The summed E-state index contributed by atoms with van der Waals surface area (Å²) in [4.78, 5) is 32.3. The number of fused-ring (bicyclic) bond motifs is 1. The second-order valence-corrected chi connectivity index (χ2v) is 9.57. The quantitative estimate of drug-likeness (QED) is 0.609. The summed E-state index contributed by atoms with van der Waals surface area (Å²) in [6, 6.07) is 2.32. The highest BCUT2D eigenvalue weighted by atomic mass is 19.1. The molecule has 1 aliphatic rings. The van der Waals surface area contributed by atoms with Gasteiger partial charge in [-0.3, -0.25) is 9.59 Å². The molecular formula is C23H29FN6O3. The van der Waals surface area contributed by atoms with Gasteiger partial charge in [0.15, 0.2) is 5.65 Å². The number of aryl methyl sites for hydroxylation is 1. The van der Waals surface area contributed by atoms with Gasteiger partial charge in [0.1, 0.15) is 17.2 Å². The van der Waals surface area contributed by atoms with Crippen molar-refractivity contribution in [2.75, 3.05) is 18.1 Å². The molecule has 0 unspecified atom stereocenters. The number of halogens is 1. The lowest BCUT2D eigenvalue weighted by atomic mass is 9.87. The Morgan fingerprint density at radius 1 is 1.39 bits per heavy atom. The minimum atomic E-state index is -0.464. The summed E-state index contributed by atoms with van der Waals surface area (Å²) in [6.45, 7) is 6.27. The zero-order chi connectivity index (χ0) is 23.9. The Hall–Kier alpha value is -3.27. The number of pyridine rings is 1. The largest absolute Gasteiger partial charge is 0.394 e. The summed E-state index contributed by atoms with van der Waals surface area (Å²) < 4.78 is 16.8. The van der Waals surface area contributed by atoms with Crippen molar-refractivity contribution < 1.29 is 14.3 Å². The molecule has 2 N–H and O–H groups in total. The molecule has 0 spiro atoms. The lowest BCUT2D eigenvalue weighted by Crippen LogP contribution is -2.46. The predicted molar refractivity (Wildman–Crippen MR) is 122 cm³/mol. The van der Waals surface area contributed by atoms with E-state index in [9.17, 15) is 19.1 Å². The predicted octanol–water partition coefficient (Wildman–Crippen LogP) is 2.05. The van der Waals surface area contributed by atoms with Gasteiger partial charge >= 0.3 is 0 Å². The van der Waals surface area contributed by atoms with E-state index in [1.807, 2.05) is 25.7 Å². The molecule has 9 nitrogen and oxygen atoms in total. The lowest BCUT2D eigenvalue weighted by molar-refractivity contribution is 0.0849. The van der Waals surface area contributed by atoms with Crippen LogP contribution in [0.15, 0.2) is 35.5 Å². The molecule has 0 aliphatic carbocycles. The first-order valence-electron chi connectivity index (χ1n) is 11.0. The van der Waals surface area contributed by atoms with Crippen molar-refractivity contribution in [1.29, 1.82) is 0 Å². The van der Waals surface area contributed by atoms with E-state index in [0.29, 0.717) is 30.0 Å². The number of hydrogen-bond acceptors (Lipinski definition) is 6. The van der Waals surface area contributed by atoms with Crippen LogP contribution in [0.3, 0.4) is 0 Å². The smallest absolute Gasteiger partial charge is 0.257 e. The average Bonchev–Trinajstić information content (AvgIpc) is 3.40. The van der Waals surface area contributed by atoms with Gasteiger partial charge in [-0.2, -0.15) is 5.10 Å². The van der Waals surface area contributed by atoms with Crippen molar-refractivity contribution in [2.45, 2.75) is 45.7 Å². The van der Waals surface area contributed by atoms with Crippen LogP contribution in [0, 0.1) is 11.2 Å².